The molecule has 0 atom stereocenters. The second kappa shape index (κ2) is 5.22. The predicted octanol–water partition coefficient (Wildman–Crippen LogP) is 6.70. The summed E-state index contributed by atoms with van der Waals surface area (Å²) in [5.41, 5.74) is 3.68. The molecule has 0 aliphatic carbocycles. The quantitative estimate of drug-likeness (QED) is 0.309. The standard InChI is InChI=1S/C22H14BrN/c23-16-12-13-19-18-9-3-4-10-21(18)24(22(19)14-16)20-11-5-7-15-6-1-2-8-17(15)20/h1-14H. The number of para-hydroxylation sites is 1. The van der Waals surface area contributed by atoms with Crippen LogP contribution in [0.1, 0.15) is 0 Å². The lowest BCUT2D eigenvalue weighted by Gasteiger charge is -2.11. The second-order valence-electron chi connectivity index (χ2n) is 6.01. The topological polar surface area (TPSA) is 4.93 Å². The lowest BCUT2D eigenvalue weighted by Crippen LogP contribution is -1.95. The fraction of sp³-hybridized carbons (Fsp3) is 0. The molecule has 1 heterocycles. The first kappa shape index (κ1) is 13.8. The van der Waals surface area contributed by atoms with E-state index in [1.165, 1.54) is 38.3 Å². The Morgan fingerprint density at radius 3 is 2.21 bits per heavy atom. The highest BCUT2D eigenvalue weighted by molar-refractivity contribution is 9.10. The van der Waals surface area contributed by atoms with E-state index in [4.69, 9.17) is 0 Å². The van der Waals surface area contributed by atoms with Gasteiger partial charge in [-0.05, 0) is 29.7 Å². The minimum atomic E-state index is 1.10. The molecule has 24 heavy (non-hydrogen) atoms. The van der Waals surface area contributed by atoms with Crippen LogP contribution in [-0.4, -0.2) is 4.57 Å². The van der Waals surface area contributed by atoms with Crippen molar-refractivity contribution < 1.29 is 0 Å². The zero-order valence-corrected chi connectivity index (χ0v) is 14.5. The number of benzene rings is 4. The Kier molecular flexibility index (Phi) is 3.00. The van der Waals surface area contributed by atoms with Gasteiger partial charge in [-0.25, -0.2) is 0 Å². The van der Waals surface area contributed by atoms with Crippen molar-refractivity contribution in [3.8, 4) is 5.69 Å². The molecule has 5 rings (SSSR count). The Hall–Kier alpha value is -2.58. The first-order chi connectivity index (χ1) is 11.8. The van der Waals surface area contributed by atoms with Gasteiger partial charge in [-0.3, -0.25) is 0 Å². The number of nitrogens with zero attached hydrogens (tertiary/aromatic N) is 1. The molecule has 0 amide bonds. The molecule has 2 heteroatoms. The largest absolute Gasteiger partial charge is 0.309 e. The molecule has 0 spiro atoms. The predicted molar refractivity (Wildman–Crippen MR) is 106 cm³/mol. The summed E-state index contributed by atoms with van der Waals surface area (Å²) in [4.78, 5) is 0. The highest BCUT2D eigenvalue weighted by Gasteiger charge is 2.13. The van der Waals surface area contributed by atoms with Gasteiger partial charge >= 0.3 is 0 Å². The Balaban J connectivity index is 2.03. The highest BCUT2D eigenvalue weighted by atomic mass is 79.9. The molecule has 4 aromatic carbocycles. The van der Waals surface area contributed by atoms with Gasteiger partial charge in [-0.1, -0.05) is 76.6 Å². The summed E-state index contributed by atoms with van der Waals surface area (Å²) in [5.74, 6) is 0. The first-order valence-electron chi connectivity index (χ1n) is 8.00. The molecule has 1 nitrogen and oxygen atoms in total. The van der Waals surface area contributed by atoms with Crippen LogP contribution >= 0.6 is 15.9 Å². The maximum Gasteiger partial charge on any atom is 0.0552 e. The monoisotopic (exact) mass is 371 g/mol. The number of fused-ring (bicyclic) bond motifs is 4. The Morgan fingerprint density at radius 2 is 1.29 bits per heavy atom. The number of halogens is 1. The van der Waals surface area contributed by atoms with Gasteiger partial charge in [0.1, 0.15) is 0 Å². The second-order valence-corrected chi connectivity index (χ2v) is 6.93. The van der Waals surface area contributed by atoms with Crippen molar-refractivity contribution in [1.29, 1.82) is 0 Å². The summed E-state index contributed by atoms with van der Waals surface area (Å²) in [6.45, 7) is 0. The molecule has 0 bridgehead atoms. The molecule has 0 N–H and O–H groups in total. The van der Waals surface area contributed by atoms with Gasteiger partial charge in [0, 0.05) is 20.6 Å². The third-order valence-corrected chi connectivity index (χ3v) is 5.14. The van der Waals surface area contributed by atoms with Crippen molar-refractivity contribution in [2.24, 2.45) is 0 Å². The van der Waals surface area contributed by atoms with Crippen molar-refractivity contribution in [3.05, 3.63) is 89.4 Å². The van der Waals surface area contributed by atoms with E-state index in [9.17, 15) is 0 Å². The third-order valence-electron chi connectivity index (χ3n) is 4.64. The Labute approximate surface area is 148 Å². The average Bonchev–Trinajstić information content (AvgIpc) is 2.94. The van der Waals surface area contributed by atoms with Crippen LogP contribution in [0.2, 0.25) is 0 Å². The number of rotatable bonds is 1. The number of hydrogen-bond donors (Lipinski definition) is 0. The molecule has 0 saturated carbocycles. The van der Waals surface area contributed by atoms with Crippen LogP contribution in [0, 0.1) is 0 Å². The van der Waals surface area contributed by atoms with Crippen LogP contribution in [0.3, 0.4) is 0 Å². The first-order valence-corrected chi connectivity index (χ1v) is 8.79. The molecular formula is C22H14BrN. The molecule has 114 valence electrons. The van der Waals surface area contributed by atoms with Crippen molar-refractivity contribution in [2.75, 3.05) is 0 Å². The number of aromatic nitrogens is 1. The van der Waals surface area contributed by atoms with Crippen molar-refractivity contribution >= 4 is 48.5 Å². The normalized spacial score (nSPS) is 11.5. The SMILES string of the molecule is Brc1ccc2c3ccccc3n(-c3cccc4ccccc34)c2c1. The molecule has 0 aliphatic rings. The molecule has 0 fully saturated rings. The van der Waals surface area contributed by atoms with Crippen molar-refractivity contribution in [2.45, 2.75) is 0 Å². The zero-order valence-electron chi connectivity index (χ0n) is 12.9. The Morgan fingerprint density at radius 1 is 0.583 bits per heavy atom. The van der Waals surface area contributed by atoms with Crippen molar-refractivity contribution in [3.63, 3.8) is 0 Å². The summed E-state index contributed by atoms with van der Waals surface area (Å²) in [5, 5.41) is 5.09. The smallest absolute Gasteiger partial charge is 0.0552 e. The molecule has 1 aromatic heterocycles. The van der Waals surface area contributed by atoms with E-state index < -0.39 is 0 Å². The van der Waals surface area contributed by atoms with Gasteiger partial charge in [-0.15, -0.1) is 0 Å². The molecule has 0 radical (unpaired) electrons. The summed E-state index contributed by atoms with van der Waals surface area (Å²) in [7, 11) is 0. The van der Waals surface area contributed by atoms with E-state index in [0.29, 0.717) is 0 Å². The minimum Gasteiger partial charge on any atom is -0.309 e. The third kappa shape index (κ3) is 1.93. The van der Waals surface area contributed by atoms with Crippen LogP contribution in [0.4, 0.5) is 0 Å². The molecule has 0 aliphatic heterocycles. The van der Waals surface area contributed by atoms with Crippen molar-refractivity contribution in [1.82, 2.24) is 4.57 Å². The van der Waals surface area contributed by atoms with Gasteiger partial charge < -0.3 is 4.57 Å². The summed E-state index contributed by atoms with van der Waals surface area (Å²) in [6, 6.07) is 30.2. The van der Waals surface area contributed by atoms with Gasteiger partial charge in [0.25, 0.3) is 0 Å². The fourth-order valence-corrected chi connectivity index (χ4v) is 3.96. The molecule has 0 saturated heterocycles. The highest BCUT2D eigenvalue weighted by Crippen LogP contribution is 2.35. The average molecular weight is 372 g/mol. The molecular weight excluding hydrogens is 358 g/mol. The van der Waals surface area contributed by atoms with Crippen LogP contribution in [0.15, 0.2) is 89.4 Å². The summed E-state index contributed by atoms with van der Waals surface area (Å²) >= 11 is 3.63. The van der Waals surface area contributed by atoms with Gasteiger partial charge in [0.15, 0.2) is 0 Å². The van der Waals surface area contributed by atoms with Crippen LogP contribution in [-0.2, 0) is 0 Å². The maximum atomic E-state index is 3.63. The van der Waals surface area contributed by atoms with E-state index in [-0.39, 0.29) is 0 Å². The van der Waals surface area contributed by atoms with E-state index in [0.717, 1.165) is 4.47 Å². The van der Waals surface area contributed by atoms with E-state index in [2.05, 4.69) is 105 Å². The van der Waals surface area contributed by atoms with E-state index >= 15 is 0 Å². The maximum absolute atomic E-state index is 3.63. The van der Waals surface area contributed by atoms with Gasteiger partial charge in [0.2, 0.25) is 0 Å². The Bertz CT molecular complexity index is 1210. The summed E-state index contributed by atoms with van der Waals surface area (Å²) in [6.07, 6.45) is 0. The zero-order chi connectivity index (χ0) is 16.1. The van der Waals surface area contributed by atoms with Gasteiger partial charge in [-0.2, -0.15) is 0 Å². The van der Waals surface area contributed by atoms with Crippen LogP contribution < -0.4 is 0 Å². The lowest BCUT2D eigenvalue weighted by atomic mass is 10.1. The molecule has 5 aromatic rings. The summed E-state index contributed by atoms with van der Waals surface area (Å²) < 4.78 is 3.47. The number of hydrogen-bond acceptors (Lipinski definition) is 0. The van der Waals surface area contributed by atoms with Crippen LogP contribution in [0.5, 0.6) is 0 Å². The van der Waals surface area contributed by atoms with Crippen LogP contribution in [0.25, 0.3) is 38.3 Å². The minimum absolute atomic E-state index is 1.10. The van der Waals surface area contributed by atoms with E-state index in [1.807, 2.05) is 0 Å². The molecule has 0 unspecified atom stereocenters. The van der Waals surface area contributed by atoms with E-state index in [1.54, 1.807) is 0 Å². The fourth-order valence-electron chi connectivity index (χ4n) is 3.61. The van der Waals surface area contributed by atoms with Gasteiger partial charge in [0.05, 0.1) is 16.7 Å². The lowest BCUT2D eigenvalue weighted by molar-refractivity contribution is 1.20.